The largest absolute Gasteiger partial charge is 0.481 e. The van der Waals surface area contributed by atoms with Crippen molar-refractivity contribution in [3.63, 3.8) is 0 Å². The first kappa shape index (κ1) is 12.3. The van der Waals surface area contributed by atoms with Crippen LogP contribution in [0.2, 0.25) is 0 Å². The summed E-state index contributed by atoms with van der Waals surface area (Å²) in [5.74, 6) is 1.07. The molecule has 3 N–H and O–H groups in total. The van der Waals surface area contributed by atoms with Crippen LogP contribution in [0, 0.1) is 6.92 Å². The number of ether oxygens (including phenoxy) is 1. The Morgan fingerprint density at radius 2 is 1.94 bits per heavy atom. The van der Waals surface area contributed by atoms with Crippen molar-refractivity contribution in [3.8, 4) is 5.88 Å². The van der Waals surface area contributed by atoms with Crippen LogP contribution in [-0.2, 0) is 6.54 Å². The lowest BCUT2D eigenvalue weighted by atomic mass is 10.2. The van der Waals surface area contributed by atoms with Gasteiger partial charge in [0.05, 0.1) is 7.11 Å². The number of methoxy groups -OCH3 is 1. The zero-order valence-electron chi connectivity index (χ0n) is 10.5. The summed E-state index contributed by atoms with van der Waals surface area (Å²) in [7, 11) is 1.58. The lowest BCUT2D eigenvalue weighted by molar-refractivity contribution is 0.397. The highest BCUT2D eigenvalue weighted by atomic mass is 16.5. The zero-order valence-corrected chi connectivity index (χ0v) is 10.5. The molecule has 0 aliphatic carbocycles. The number of rotatable bonds is 4. The Morgan fingerprint density at radius 1 is 1.22 bits per heavy atom. The first-order valence-corrected chi connectivity index (χ1v) is 5.67. The molecule has 0 amide bonds. The zero-order chi connectivity index (χ0) is 13.0. The summed E-state index contributed by atoms with van der Waals surface area (Å²) >= 11 is 0. The Bertz CT molecular complexity index is 525. The van der Waals surface area contributed by atoms with E-state index in [1.807, 2.05) is 31.2 Å². The summed E-state index contributed by atoms with van der Waals surface area (Å²) in [4.78, 5) is 8.51. The number of aromatic nitrogens is 2. The summed E-state index contributed by atoms with van der Waals surface area (Å²) in [6.45, 7) is 2.43. The van der Waals surface area contributed by atoms with Crippen LogP contribution in [0.1, 0.15) is 11.3 Å². The fraction of sp³-hybridized carbons (Fsp3) is 0.231. The van der Waals surface area contributed by atoms with E-state index in [2.05, 4.69) is 15.3 Å². The number of anilines is 2. The minimum atomic E-state index is 0.521. The van der Waals surface area contributed by atoms with E-state index < -0.39 is 0 Å². The van der Waals surface area contributed by atoms with Crippen molar-refractivity contribution in [1.29, 1.82) is 0 Å². The molecule has 5 heteroatoms. The van der Waals surface area contributed by atoms with Crippen molar-refractivity contribution >= 4 is 11.6 Å². The molecule has 2 aromatic rings. The molecule has 0 aliphatic rings. The summed E-state index contributed by atoms with van der Waals surface area (Å²) in [5.41, 5.74) is 8.40. The smallest absolute Gasteiger partial charge is 0.230 e. The summed E-state index contributed by atoms with van der Waals surface area (Å²) in [5, 5.41) is 3.13. The van der Waals surface area contributed by atoms with Crippen LogP contribution < -0.4 is 15.8 Å². The van der Waals surface area contributed by atoms with Gasteiger partial charge in [-0.05, 0) is 24.6 Å². The van der Waals surface area contributed by atoms with Crippen molar-refractivity contribution in [2.24, 2.45) is 5.73 Å². The average molecular weight is 244 g/mol. The van der Waals surface area contributed by atoms with Gasteiger partial charge < -0.3 is 15.8 Å². The maximum atomic E-state index is 5.55. The van der Waals surface area contributed by atoms with Gasteiger partial charge in [0.25, 0.3) is 0 Å². The van der Waals surface area contributed by atoms with Crippen molar-refractivity contribution in [2.45, 2.75) is 13.5 Å². The van der Waals surface area contributed by atoms with Crippen LogP contribution in [0.3, 0.4) is 0 Å². The molecule has 0 aliphatic heterocycles. The molecule has 0 saturated carbocycles. The van der Waals surface area contributed by atoms with E-state index in [0.29, 0.717) is 18.4 Å². The van der Waals surface area contributed by atoms with Crippen LogP contribution in [-0.4, -0.2) is 17.1 Å². The third-order valence-corrected chi connectivity index (χ3v) is 2.49. The van der Waals surface area contributed by atoms with Gasteiger partial charge >= 0.3 is 0 Å². The Hall–Kier alpha value is -2.14. The van der Waals surface area contributed by atoms with Crippen LogP contribution in [0.4, 0.5) is 11.6 Å². The van der Waals surface area contributed by atoms with Gasteiger partial charge in [-0.3, -0.25) is 0 Å². The molecule has 0 unspecified atom stereocenters. The molecular weight excluding hydrogens is 228 g/mol. The predicted octanol–water partition coefficient (Wildman–Crippen LogP) is 2.00. The molecule has 1 heterocycles. The lowest BCUT2D eigenvalue weighted by Gasteiger charge is -2.07. The van der Waals surface area contributed by atoms with Gasteiger partial charge in [-0.2, -0.15) is 4.98 Å². The van der Waals surface area contributed by atoms with Gasteiger partial charge in [-0.15, -0.1) is 0 Å². The van der Waals surface area contributed by atoms with Crippen LogP contribution in [0.25, 0.3) is 0 Å². The molecule has 1 aromatic carbocycles. The standard InChI is InChI=1S/C13H16N4O/c1-9-7-12(18-2)17-13(15-9)16-11-5-3-10(8-14)4-6-11/h3-7H,8,14H2,1-2H3,(H,15,16,17). The summed E-state index contributed by atoms with van der Waals surface area (Å²) in [6, 6.07) is 9.61. The van der Waals surface area contributed by atoms with Gasteiger partial charge in [0.2, 0.25) is 11.8 Å². The molecule has 1 aromatic heterocycles. The minimum absolute atomic E-state index is 0.521. The first-order chi connectivity index (χ1) is 8.71. The van der Waals surface area contributed by atoms with E-state index in [-0.39, 0.29) is 0 Å². The van der Waals surface area contributed by atoms with E-state index in [1.165, 1.54) is 0 Å². The molecule has 0 fully saturated rings. The minimum Gasteiger partial charge on any atom is -0.481 e. The quantitative estimate of drug-likeness (QED) is 0.860. The fourth-order valence-electron chi connectivity index (χ4n) is 1.55. The molecule has 5 nitrogen and oxygen atoms in total. The van der Waals surface area contributed by atoms with E-state index >= 15 is 0 Å². The van der Waals surface area contributed by atoms with Crippen LogP contribution in [0.15, 0.2) is 30.3 Å². The highest BCUT2D eigenvalue weighted by Crippen LogP contribution is 2.17. The predicted molar refractivity (Wildman–Crippen MR) is 70.9 cm³/mol. The SMILES string of the molecule is COc1cc(C)nc(Nc2ccc(CN)cc2)n1. The molecule has 0 bridgehead atoms. The monoisotopic (exact) mass is 244 g/mol. The average Bonchev–Trinajstić information content (AvgIpc) is 2.39. The molecule has 0 atom stereocenters. The Labute approximate surface area is 106 Å². The third-order valence-electron chi connectivity index (χ3n) is 2.49. The molecular formula is C13H16N4O. The van der Waals surface area contributed by atoms with Crippen molar-refractivity contribution in [2.75, 3.05) is 12.4 Å². The number of benzene rings is 1. The lowest BCUT2D eigenvalue weighted by Crippen LogP contribution is -2.01. The maximum Gasteiger partial charge on any atom is 0.230 e. The fourth-order valence-corrected chi connectivity index (χ4v) is 1.55. The van der Waals surface area contributed by atoms with E-state index in [4.69, 9.17) is 10.5 Å². The van der Waals surface area contributed by atoms with Crippen molar-refractivity contribution in [1.82, 2.24) is 9.97 Å². The Morgan fingerprint density at radius 3 is 2.56 bits per heavy atom. The molecule has 0 spiro atoms. The number of nitrogens with one attached hydrogen (secondary N) is 1. The Balaban J connectivity index is 2.19. The van der Waals surface area contributed by atoms with Gasteiger partial charge in [0.15, 0.2) is 0 Å². The maximum absolute atomic E-state index is 5.55. The summed E-state index contributed by atoms with van der Waals surface area (Å²) in [6.07, 6.45) is 0. The molecule has 0 saturated heterocycles. The van der Waals surface area contributed by atoms with Gasteiger partial charge in [-0.25, -0.2) is 4.98 Å². The van der Waals surface area contributed by atoms with E-state index in [0.717, 1.165) is 16.9 Å². The number of nitrogens with two attached hydrogens (primary N) is 1. The number of nitrogens with zero attached hydrogens (tertiary/aromatic N) is 2. The number of aryl methyl sites for hydroxylation is 1. The van der Waals surface area contributed by atoms with Crippen molar-refractivity contribution < 1.29 is 4.74 Å². The van der Waals surface area contributed by atoms with E-state index in [9.17, 15) is 0 Å². The second-order valence-corrected chi connectivity index (χ2v) is 3.90. The Kier molecular flexibility index (Phi) is 3.74. The topological polar surface area (TPSA) is 73.1 Å². The first-order valence-electron chi connectivity index (χ1n) is 5.67. The number of hydrogen-bond donors (Lipinski definition) is 2. The van der Waals surface area contributed by atoms with Gasteiger partial charge in [0.1, 0.15) is 0 Å². The normalized spacial score (nSPS) is 10.2. The second-order valence-electron chi connectivity index (χ2n) is 3.90. The summed E-state index contributed by atoms with van der Waals surface area (Å²) < 4.78 is 5.10. The van der Waals surface area contributed by atoms with E-state index in [1.54, 1.807) is 13.2 Å². The molecule has 2 rings (SSSR count). The van der Waals surface area contributed by atoms with Gasteiger partial charge in [0, 0.05) is 24.0 Å². The number of hydrogen-bond acceptors (Lipinski definition) is 5. The molecule has 18 heavy (non-hydrogen) atoms. The second kappa shape index (κ2) is 5.46. The molecule has 94 valence electrons. The third kappa shape index (κ3) is 2.95. The highest BCUT2D eigenvalue weighted by molar-refractivity contribution is 5.54. The van der Waals surface area contributed by atoms with Crippen molar-refractivity contribution in [3.05, 3.63) is 41.6 Å². The van der Waals surface area contributed by atoms with Crippen LogP contribution in [0.5, 0.6) is 5.88 Å². The van der Waals surface area contributed by atoms with Gasteiger partial charge in [-0.1, -0.05) is 12.1 Å². The molecule has 0 radical (unpaired) electrons. The highest BCUT2D eigenvalue weighted by Gasteiger charge is 2.02. The van der Waals surface area contributed by atoms with Crippen LogP contribution >= 0.6 is 0 Å².